The summed E-state index contributed by atoms with van der Waals surface area (Å²) in [5.41, 5.74) is 2.72. The van der Waals surface area contributed by atoms with Gasteiger partial charge in [0.25, 0.3) is 5.91 Å². The number of benzene rings is 2. The molecule has 0 N–H and O–H groups in total. The SMILES string of the molecule is COc1cccc2c1N(C(=O)c1nc(C)n(-c3ccc(Cl)cc3)n1)CCC2. The summed E-state index contributed by atoms with van der Waals surface area (Å²) in [6, 6.07) is 13.1. The fraction of sp³-hybridized carbons (Fsp3) is 0.250. The van der Waals surface area contributed by atoms with Gasteiger partial charge in [-0.2, -0.15) is 0 Å². The molecule has 0 radical (unpaired) electrons. The third kappa shape index (κ3) is 3.17. The lowest BCUT2D eigenvalue weighted by atomic mass is 10.0. The highest BCUT2D eigenvalue weighted by molar-refractivity contribution is 6.30. The molecule has 4 rings (SSSR count). The number of anilines is 1. The Morgan fingerprint density at radius 3 is 2.70 bits per heavy atom. The summed E-state index contributed by atoms with van der Waals surface area (Å²) in [5, 5.41) is 5.09. The number of carbonyl (C=O) groups excluding carboxylic acids is 1. The van der Waals surface area contributed by atoms with E-state index in [1.807, 2.05) is 37.3 Å². The molecule has 7 heteroatoms. The second kappa shape index (κ2) is 7.04. The van der Waals surface area contributed by atoms with E-state index in [1.165, 1.54) is 0 Å². The van der Waals surface area contributed by atoms with Crippen LogP contribution >= 0.6 is 11.6 Å². The first-order valence-corrected chi connectivity index (χ1v) is 9.13. The largest absolute Gasteiger partial charge is 0.495 e. The van der Waals surface area contributed by atoms with Crippen molar-refractivity contribution in [1.29, 1.82) is 0 Å². The van der Waals surface area contributed by atoms with Crippen molar-refractivity contribution in [3.8, 4) is 11.4 Å². The van der Waals surface area contributed by atoms with Crippen LogP contribution in [0.2, 0.25) is 5.02 Å². The van der Waals surface area contributed by atoms with Crippen LogP contribution in [-0.2, 0) is 6.42 Å². The van der Waals surface area contributed by atoms with Gasteiger partial charge < -0.3 is 9.64 Å². The predicted molar refractivity (Wildman–Crippen MR) is 104 cm³/mol. The molecule has 3 aromatic rings. The van der Waals surface area contributed by atoms with Gasteiger partial charge in [-0.05, 0) is 55.7 Å². The molecule has 27 heavy (non-hydrogen) atoms. The third-order valence-electron chi connectivity index (χ3n) is 4.68. The third-order valence-corrected chi connectivity index (χ3v) is 4.93. The zero-order valence-corrected chi connectivity index (χ0v) is 15.9. The molecule has 2 aromatic carbocycles. The van der Waals surface area contributed by atoms with Crippen LogP contribution in [0, 0.1) is 6.92 Å². The standard InChI is InChI=1S/C20H19ClN4O2/c1-13-22-19(23-25(13)16-10-8-15(21)9-11-16)20(26)24-12-4-6-14-5-3-7-17(27-2)18(14)24/h3,5,7-11H,4,6,12H2,1-2H3. The number of hydrogen-bond acceptors (Lipinski definition) is 4. The van der Waals surface area contributed by atoms with E-state index in [0.29, 0.717) is 23.1 Å². The molecule has 0 saturated carbocycles. The molecule has 1 aliphatic heterocycles. The minimum Gasteiger partial charge on any atom is -0.495 e. The minimum absolute atomic E-state index is 0.168. The van der Waals surface area contributed by atoms with Crippen LogP contribution in [0.1, 0.15) is 28.4 Å². The lowest BCUT2D eigenvalue weighted by molar-refractivity contribution is 0.0974. The normalized spacial score (nSPS) is 13.4. The highest BCUT2D eigenvalue weighted by Gasteiger charge is 2.29. The zero-order valence-electron chi connectivity index (χ0n) is 15.1. The maximum atomic E-state index is 13.2. The fourth-order valence-electron chi connectivity index (χ4n) is 3.41. The molecule has 1 amide bonds. The Kier molecular flexibility index (Phi) is 4.58. The van der Waals surface area contributed by atoms with Gasteiger partial charge in [0.05, 0.1) is 18.5 Å². The van der Waals surface area contributed by atoms with Gasteiger partial charge in [-0.25, -0.2) is 9.67 Å². The van der Waals surface area contributed by atoms with Crippen molar-refractivity contribution >= 4 is 23.2 Å². The number of aryl methyl sites for hydroxylation is 2. The predicted octanol–water partition coefficient (Wildman–Crippen LogP) is 3.83. The number of halogens is 1. The number of methoxy groups -OCH3 is 1. The summed E-state index contributed by atoms with van der Waals surface area (Å²) in [5.74, 6) is 1.27. The summed E-state index contributed by atoms with van der Waals surface area (Å²) in [6.07, 6.45) is 1.81. The Morgan fingerprint density at radius 1 is 1.19 bits per heavy atom. The van der Waals surface area contributed by atoms with Gasteiger partial charge in [-0.3, -0.25) is 4.79 Å². The number of ether oxygens (including phenoxy) is 1. The van der Waals surface area contributed by atoms with Gasteiger partial charge in [-0.15, -0.1) is 5.10 Å². The van der Waals surface area contributed by atoms with E-state index in [0.717, 1.165) is 29.8 Å². The van der Waals surface area contributed by atoms with Crippen LogP contribution < -0.4 is 9.64 Å². The molecule has 0 saturated heterocycles. The Bertz CT molecular complexity index is 983. The van der Waals surface area contributed by atoms with Crippen LogP contribution in [0.3, 0.4) is 0 Å². The second-order valence-electron chi connectivity index (χ2n) is 6.40. The lowest BCUT2D eigenvalue weighted by Crippen LogP contribution is -2.36. The van der Waals surface area contributed by atoms with Gasteiger partial charge in [0, 0.05) is 11.6 Å². The number of hydrogen-bond donors (Lipinski definition) is 0. The molecule has 0 unspecified atom stereocenters. The van der Waals surface area contributed by atoms with Crippen LogP contribution in [-0.4, -0.2) is 34.3 Å². The van der Waals surface area contributed by atoms with E-state index >= 15 is 0 Å². The molecular formula is C20H19ClN4O2. The van der Waals surface area contributed by atoms with E-state index in [2.05, 4.69) is 10.1 Å². The highest BCUT2D eigenvalue weighted by Crippen LogP contribution is 2.36. The molecule has 0 atom stereocenters. The highest BCUT2D eigenvalue weighted by atomic mass is 35.5. The number of carbonyl (C=O) groups is 1. The number of para-hydroxylation sites is 1. The first-order chi connectivity index (χ1) is 13.1. The summed E-state index contributed by atoms with van der Waals surface area (Å²) in [7, 11) is 1.62. The number of rotatable bonds is 3. The van der Waals surface area contributed by atoms with Gasteiger partial charge in [0.1, 0.15) is 11.6 Å². The average Bonchev–Trinajstić information content (AvgIpc) is 3.08. The number of fused-ring (bicyclic) bond motifs is 1. The number of amides is 1. The Balaban J connectivity index is 1.71. The molecule has 0 bridgehead atoms. The van der Waals surface area contributed by atoms with Crippen molar-refractivity contribution in [2.75, 3.05) is 18.6 Å². The van der Waals surface area contributed by atoms with E-state index < -0.39 is 0 Å². The van der Waals surface area contributed by atoms with Crippen molar-refractivity contribution in [3.05, 3.63) is 64.7 Å². The summed E-state index contributed by atoms with van der Waals surface area (Å²) >= 11 is 5.95. The molecule has 0 spiro atoms. The molecule has 6 nitrogen and oxygen atoms in total. The number of aromatic nitrogens is 3. The monoisotopic (exact) mass is 382 g/mol. The molecule has 2 heterocycles. The van der Waals surface area contributed by atoms with Gasteiger partial charge in [0.15, 0.2) is 0 Å². The topological polar surface area (TPSA) is 60.2 Å². The molecule has 0 fully saturated rings. The lowest BCUT2D eigenvalue weighted by Gasteiger charge is -2.30. The molecule has 1 aliphatic rings. The van der Waals surface area contributed by atoms with Crippen molar-refractivity contribution in [2.24, 2.45) is 0 Å². The zero-order chi connectivity index (χ0) is 19.0. The van der Waals surface area contributed by atoms with E-state index in [-0.39, 0.29) is 11.7 Å². The minimum atomic E-state index is -0.226. The fourth-order valence-corrected chi connectivity index (χ4v) is 3.54. The van der Waals surface area contributed by atoms with Crippen LogP contribution in [0.15, 0.2) is 42.5 Å². The van der Waals surface area contributed by atoms with Crippen LogP contribution in [0.5, 0.6) is 5.75 Å². The van der Waals surface area contributed by atoms with Gasteiger partial charge in [-0.1, -0.05) is 23.7 Å². The average molecular weight is 383 g/mol. The maximum Gasteiger partial charge on any atom is 0.298 e. The second-order valence-corrected chi connectivity index (χ2v) is 6.84. The van der Waals surface area contributed by atoms with Crippen molar-refractivity contribution in [2.45, 2.75) is 19.8 Å². The Labute approximate surface area is 162 Å². The molecule has 138 valence electrons. The smallest absolute Gasteiger partial charge is 0.298 e. The first kappa shape index (κ1) is 17.5. The molecular weight excluding hydrogens is 364 g/mol. The van der Waals surface area contributed by atoms with Gasteiger partial charge >= 0.3 is 0 Å². The van der Waals surface area contributed by atoms with Crippen molar-refractivity contribution in [3.63, 3.8) is 0 Å². The first-order valence-electron chi connectivity index (χ1n) is 8.76. The molecule has 0 aliphatic carbocycles. The summed E-state index contributed by atoms with van der Waals surface area (Å²) < 4.78 is 7.14. The van der Waals surface area contributed by atoms with E-state index in [1.54, 1.807) is 28.8 Å². The van der Waals surface area contributed by atoms with Crippen LogP contribution in [0.4, 0.5) is 5.69 Å². The number of nitrogens with zero attached hydrogens (tertiary/aromatic N) is 4. The quantitative estimate of drug-likeness (QED) is 0.690. The Morgan fingerprint density at radius 2 is 1.96 bits per heavy atom. The molecule has 1 aromatic heterocycles. The van der Waals surface area contributed by atoms with E-state index in [9.17, 15) is 4.79 Å². The Hall–Kier alpha value is -2.86. The van der Waals surface area contributed by atoms with Crippen molar-refractivity contribution < 1.29 is 9.53 Å². The van der Waals surface area contributed by atoms with Crippen molar-refractivity contribution in [1.82, 2.24) is 14.8 Å². The summed E-state index contributed by atoms with van der Waals surface area (Å²) in [6.45, 7) is 2.43. The maximum absolute atomic E-state index is 13.2. The van der Waals surface area contributed by atoms with Crippen LogP contribution in [0.25, 0.3) is 5.69 Å². The van der Waals surface area contributed by atoms with Gasteiger partial charge in [0.2, 0.25) is 5.82 Å². The summed E-state index contributed by atoms with van der Waals surface area (Å²) in [4.78, 5) is 19.3. The van der Waals surface area contributed by atoms with E-state index in [4.69, 9.17) is 16.3 Å².